The van der Waals surface area contributed by atoms with E-state index in [0.29, 0.717) is 33.7 Å². The van der Waals surface area contributed by atoms with Gasteiger partial charge in [-0.2, -0.15) is 0 Å². The number of hydrogen-bond donors (Lipinski definition) is 1. The topological polar surface area (TPSA) is 108 Å². The Morgan fingerprint density at radius 2 is 1.93 bits per heavy atom. The van der Waals surface area contributed by atoms with Gasteiger partial charge in [0.25, 0.3) is 11.6 Å². The average Bonchev–Trinajstić information content (AvgIpc) is 3.17. The lowest BCUT2D eigenvalue weighted by atomic mass is 10.1. The number of amides is 1. The van der Waals surface area contributed by atoms with Gasteiger partial charge in [-0.25, -0.2) is 4.98 Å². The fraction of sp³-hybridized carbons (Fsp3) is 0.0476. The van der Waals surface area contributed by atoms with Gasteiger partial charge in [0.05, 0.1) is 29.4 Å². The molecule has 3 aromatic carbocycles. The molecule has 0 saturated heterocycles. The summed E-state index contributed by atoms with van der Waals surface area (Å²) in [4.78, 5) is 27.5. The second-order valence-corrected chi connectivity index (χ2v) is 6.16. The fourth-order valence-electron chi connectivity index (χ4n) is 2.88. The van der Waals surface area contributed by atoms with E-state index >= 15 is 0 Å². The molecule has 0 unspecified atom stereocenters. The van der Waals surface area contributed by atoms with Gasteiger partial charge in [-0.15, -0.1) is 0 Å². The van der Waals surface area contributed by atoms with Gasteiger partial charge in [-0.3, -0.25) is 14.9 Å². The summed E-state index contributed by atoms with van der Waals surface area (Å²) in [6.07, 6.45) is 0. The molecule has 8 nitrogen and oxygen atoms in total. The third kappa shape index (κ3) is 3.63. The molecule has 4 aromatic rings. The number of carbonyl (C=O) groups excluding carboxylic acids is 1. The maximum Gasteiger partial charge on any atom is 0.273 e. The number of para-hydroxylation sites is 1. The quantitative estimate of drug-likeness (QED) is 0.393. The Bertz CT molecular complexity index is 1230. The number of anilines is 1. The number of benzene rings is 3. The highest BCUT2D eigenvalue weighted by atomic mass is 16.6. The molecule has 0 aliphatic rings. The predicted octanol–water partition coefficient (Wildman–Crippen LogP) is 4.66. The number of nitro benzene ring substituents is 1. The number of hydrogen-bond acceptors (Lipinski definition) is 6. The molecule has 0 fully saturated rings. The van der Waals surface area contributed by atoms with Crippen LogP contribution in [0.5, 0.6) is 5.75 Å². The third-order valence-electron chi connectivity index (χ3n) is 4.32. The number of rotatable bonds is 5. The van der Waals surface area contributed by atoms with E-state index in [2.05, 4.69) is 10.3 Å². The number of aromatic nitrogens is 1. The molecule has 0 aliphatic carbocycles. The highest BCUT2D eigenvalue weighted by Crippen LogP contribution is 2.31. The smallest absolute Gasteiger partial charge is 0.273 e. The Morgan fingerprint density at radius 3 is 2.72 bits per heavy atom. The van der Waals surface area contributed by atoms with E-state index in [4.69, 9.17) is 9.15 Å². The van der Waals surface area contributed by atoms with Gasteiger partial charge in [0, 0.05) is 11.6 Å². The van der Waals surface area contributed by atoms with Crippen LogP contribution in [0, 0.1) is 10.1 Å². The van der Waals surface area contributed by atoms with Crippen molar-refractivity contribution in [3.63, 3.8) is 0 Å². The lowest BCUT2D eigenvalue weighted by molar-refractivity contribution is -0.384. The molecule has 29 heavy (non-hydrogen) atoms. The van der Waals surface area contributed by atoms with Crippen molar-refractivity contribution < 1.29 is 18.9 Å². The van der Waals surface area contributed by atoms with E-state index in [-0.39, 0.29) is 17.5 Å². The van der Waals surface area contributed by atoms with Crippen LogP contribution in [0.3, 0.4) is 0 Å². The molecule has 4 rings (SSSR count). The lowest BCUT2D eigenvalue weighted by Crippen LogP contribution is -2.12. The standard InChI is InChI=1S/C21H15N3O5/c1-28-15-6-4-5-13(11-15)20(25)22-17-8-3-2-7-16(17)21-23-18-10-9-14(24(26)27)12-19(18)29-21/h2-12H,1H3,(H,22,25). The van der Waals surface area contributed by atoms with Crippen molar-refractivity contribution in [1.29, 1.82) is 0 Å². The second-order valence-electron chi connectivity index (χ2n) is 6.16. The minimum atomic E-state index is -0.496. The maximum absolute atomic E-state index is 12.7. The molecule has 1 amide bonds. The highest BCUT2D eigenvalue weighted by Gasteiger charge is 2.17. The Balaban J connectivity index is 1.69. The summed E-state index contributed by atoms with van der Waals surface area (Å²) in [6.45, 7) is 0. The largest absolute Gasteiger partial charge is 0.497 e. The SMILES string of the molecule is COc1cccc(C(=O)Nc2ccccc2-c2nc3ccc([N+](=O)[O-])cc3o2)c1. The van der Waals surface area contributed by atoms with Crippen LogP contribution in [-0.4, -0.2) is 22.9 Å². The van der Waals surface area contributed by atoms with Crippen LogP contribution >= 0.6 is 0 Å². The van der Waals surface area contributed by atoms with Gasteiger partial charge in [-0.1, -0.05) is 18.2 Å². The highest BCUT2D eigenvalue weighted by molar-refractivity contribution is 6.06. The van der Waals surface area contributed by atoms with Gasteiger partial charge in [-0.05, 0) is 36.4 Å². The fourth-order valence-corrected chi connectivity index (χ4v) is 2.88. The van der Waals surface area contributed by atoms with E-state index in [1.165, 1.54) is 25.3 Å². The lowest BCUT2D eigenvalue weighted by Gasteiger charge is -2.09. The predicted molar refractivity (Wildman–Crippen MR) is 107 cm³/mol. The Hall–Kier alpha value is -4.20. The van der Waals surface area contributed by atoms with Crippen LogP contribution in [0.1, 0.15) is 10.4 Å². The Kier molecular flexibility index (Phi) is 4.66. The summed E-state index contributed by atoms with van der Waals surface area (Å²) in [7, 11) is 1.53. The van der Waals surface area contributed by atoms with Crippen molar-refractivity contribution in [1.82, 2.24) is 4.98 Å². The number of nitrogens with one attached hydrogen (secondary N) is 1. The summed E-state index contributed by atoms with van der Waals surface area (Å²) in [5.74, 6) is 0.511. The van der Waals surface area contributed by atoms with Gasteiger partial charge in [0.2, 0.25) is 5.89 Å². The van der Waals surface area contributed by atoms with Gasteiger partial charge in [0.15, 0.2) is 5.58 Å². The summed E-state index contributed by atoms with van der Waals surface area (Å²) in [6, 6.07) is 18.1. The van der Waals surface area contributed by atoms with Crippen molar-refractivity contribution in [3.8, 4) is 17.2 Å². The van der Waals surface area contributed by atoms with Crippen molar-refractivity contribution in [3.05, 3.63) is 82.4 Å². The number of ether oxygens (including phenoxy) is 1. The molecule has 1 N–H and O–H groups in total. The third-order valence-corrected chi connectivity index (χ3v) is 4.32. The van der Waals surface area contributed by atoms with Crippen molar-refractivity contribution in [2.75, 3.05) is 12.4 Å². The van der Waals surface area contributed by atoms with Crippen LogP contribution in [0.4, 0.5) is 11.4 Å². The van der Waals surface area contributed by atoms with Crippen LogP contribution in [0.2, 0.25) is 0 Å². The molecule has 144 valence electrons. The first-order chi connectivity index (χ1) is 14.0. The molecular weight excluding hydrogens is 374 g/mol. The average molecular weight is 389 g/mol. The Labute approximate surface area is 164 Å². The van der Waals surface area contributed by atoms with Crippen LogP contribution < -0.4 is 10.1 Å². The number of methoxy groups -OCH3 is 1. The number of nitro groups is 1. The van der Waals surface area contributed by atoms with Crippen LogP contribution in [0.25, 0.3) is 22.6 Å². The molecule has 0 bridgehead atoms. The number of non-ortho nitro benzene ring substituents is 1. The van der Waals surface area contributed by atoms with Crippen molar-refractivity contribution in [2.24, 2.45) is 0 Å². The molecular formula is C21H15N3O5. The normalized spacial score (nSPS) is 10.7. The molecule has 0 atom stereocenters. The zero-order valence-corrected chi connectivity index (χ0v) is 15.3. The Morgan fingerprint density at radius 1 is 1.10 bits per heavy atom. The minimum absolute atomic E-state index is 0.0835. The summed E-state index contributed by atoms with van der Waals surface area (Å²) in [5, 5.41) is 13.8. The first-order valence-corrected chi connectivity index (χ1v) is 8.65. The summed E-state index contributed by atoms with van der Waals surface area (Å²) < 4.78 is 10.9. The van der Waals surface area contributed by atoms with E-state index in [1.54, 1.807) is 48.5 Å². The second kappa shape index (κ2) is 7.43. The van der Waals surface area contributed by atoms with E-state index in [0.717, 1.165) is 0 Å². The molecule has 1 heterocycles. The number of fused-ring (bicyclic) bond motifs is 1. The zero-order chi connectivity index (χ0) is 20.4. The molecule has 1 aromatic heterocycles. The van der Waals surface area contributed by atoms with E-state index in [1.807, 2.05) is 0 Å². The van der Waals surface area contributed by atoms with Crippen molar-refractivity contribution in [2.45, 2.75) is 0 Å². The first-order valence-electron chi connectivity index (χ1n) is 8.65. The zero-order valence-electron chi connectivity index (χ0n) is 15.3. The maximum atomic E-state index is 12.7. The van der Waals surface area contributed by atoms with Crippen LogP contribution in [-0.2, 0) is 0 Å². The molecule has 8 heteroatoms. The first kappa shape index (κ1) is 18.2. The summed E-state index contributed by atoms with van der Waals surface area (Å²) >= 11 is 0. The van der Waals surface area contributed by atoms with Gasteiger partial charge >= 0.3 is 0 Å². The van der Waals surface area contributed by atoms with E-state index in [9.17, 15) is 14.9 Å². The molecule has 0 spiro atoms. The number of carbonyl (C=O) groups is 1. The van der Waals surface area contributed by atoms with Gasteiger partial charge < -0.3 is 14.5 Å². The number of oxazole rings is 1. The van der Waals surface area contributed by atoms with Gasteiger partial charge in [0.1, 0.15) is 11.3 Å². The summed E-state index contributed by atoms with van der Waals surface area (Å²) in [5.41, 5.74) is 2.19. The number of nitrogens with zero attached hydrogens (tertiary/aromatic N) is 2. The van der Waals surface area contributed by atoms with Crippen molar-refractivity contribution >= 4 is 28.4 Å². The minimum Gasteiger partial charge on any atom is -0.497 e. The molecule has 0 aliphatic heterocycles. The molecule has 0 radical (unpaired) electrons. The van der Waals surface area contributed by atoms with Crippen LogP contribution in [0.15, 0.2) is 71.1 Å². The monoisotopic (exact) mass is 389 g/mol. The molecule has 0 saturated carbocycles. The van der Waals surface area contributed by atoms with E-state index < -0.39 is 4.92 Å².